The Hall–Kier alpha value is -1.23. The summed E-state index contributed by atoms with van der Waals surface area (Å²) in [7, 11) is 1.69. The van der Waals surface area contributed by atoms with Crippen LogP contribution in [-0.4, -0.2) is 26.3 Å². The minimum atomic E-state index is -4.11. The van der Waals surface area contributed by atoms with Crippen LogP contribution in [0.25, 0.3) is 0 Å². The average molecular weight is 302 g/mol. The lowest BCUT2D eigenvalue weighted by Crippen LogP contribution is -2.24. The summed E-state index contributed by atoms with van der Waals surface area (Å²) in [6.45, 7) is 8.02. The Morgan fingerprint density at radius 2 is 1.90 bits per heavy atom. The number of nitrogens with zero attached hydrogens (tertiary/aromatic N) is 1. The van der Waals surface area contributed by atoms with E-state index in [9.17, 15) is 13.2 Å². The molecule has 0 saturated carbocycles. The zero-order chi connectivity index (χ0) is 16.0. The van der Waals surface area contributed by atoms with Crippen LogP contribution >= 0.6 is 0 Å². The summed E-state index contributed by atoms with van der Waals surface area (Å²) in [6.07, 6.45) is -4.90. The fourth-order valence-electron chi connectivity index (χ4n) is 2.03. The summed E-state index contributed by atoms with van der Waals surface area (Å²) < 4.78 is 36.7. The number of rotatable bonds is 7. The van der Waals surface area contributed by atoms with Gasteiger partial charge in [0.15, 0.2) is 0 Å². The van der Waals surface area contributed by atoms with Gasteiger partial charge < -0.3 is 10.2 Å². The number of nitrogens with one attached hydrogen (secondary N) is 1. The van der Waals surface area contributed by atoms with E-state index in [0.717, 1.165) is 24.3 Å². The van der Waals surface area contributed by atoms with Crippen molar-refractivity contribution in [2.75, 3.05) is 25.0 Å². The molecule has 2 nitrogen and oxygen atoms in total. The van der Waals surface area contributed by atoms with Crippen LogP contribution in [0.1, 0.15) is 31.4 Å². The van der Waals surface area contributed by atoms with Crippen LogP contribution in [0.5, 0.6) is 0 Å². The Balaban J connectivity index is 2.60. The number of hydrogen-bond donors (Lipinski definition) is 1. The predicted molar refractivity (Wildman–Crippen MR) is 81.7 cm³/mol. The first-order valence-electron chi connectivity index (χ1n) is 7.27. The van der Waals surface area contributed by atoms with Gasteiger partial charge in [-0.2, -0.15) is 13.2 Å². The van der Waals surface area contributed by atoms with Crippen LogP contribution in [0.2, 0.25) is 0 Å². The second kappa shape index (κ2) is 7.69. The minimum Gasteiger partial charge on any atom is -0.374 e. The van der Waals surface area contributed by atoms with Crippen molar-refractivity contribution < 1.29 is 13.2 Å². The zero-order valence-electron chi connectivity index (χ0n) is 13.2. The van der Waals surface area contributed by atoms with Crippen molar-refractivity contribution in [2.24, 2.45) is 5.92 Å². The lowest BCUT2D eigenvalue weighted by Gasteiger charge is -2.21. The van der Waals surface area contributed by atoms with Gasteiger partial charge in [-0.1, -0.05) is 19.9 Å². The molecule has 0 unspecified atom stereocenters. The second-order valence-electron chi connectivity index (χ2n) is 5.92. The van der Waals surface area contributed by atoms with Gasteiger partial charge in [0.25, 0.3) is 0 Å². The molecule has 21 heavy (non-hydrogen) atoms. The smallest absolute Gasteiger partial charge is 0.374 e. The quantitative estimate of drug-likeness (QED) is 0.814. The first-order valence-corrected chi connectivity index (χ1v) is 7.27. The van der Waals surface area contributed by atoms with E-state index in [1.54, 1.807) is 11.9 Å². The van der Waals surface area contributed by atoms with Gasteiger partial charge in [-0.3, -0.25) is 0 Å². The summed E-state index contributed by atoms with van der Waals surface area (Å²) >= 11 is 0. The monoisotopic (exact) mass is 302 g/mol. The maximum atomic E-state index is 12.2. The molecule has 0 aromatic heterocycles. The van der Waals surface area contributed by atoms with Gasteiger partial charge in [-0.05, 0) is 42.6 Å². The lowest BCUT2D eigenvalue weighted by molar-refractivity contribution is -0.132. The van der Waals surface area contributed by atoms with Crippen molar-refractivity contribution >= 4 is 5.69 Å². The molecular formula is C16H25F3N2. The molecule has 0 radical (unpaired) electrons. The topological polar surface area (TPSA) is 15.3 Å². The maximum absolute atomic E-state index is 12.2. The lowest BCUT2D eigenvalue weighted by atomic mass is 10.1. The minimum absolute atomic E-state index is 0.0200. The second-order valence-corrected chi connectivity index (χ2v) is 5.92. The van der Waals surface area contributed by atoms with Gasteiger partial charge in [-0.15, -0.1) is 0 Å². The molecular weight excluding hydrogens is 277 g/mol. The number of hydrogen-bond acceptors (Lipinski definition) is 2. The molecule has 0 heterocycles. The molecule has 1 N–H and O–H groups in total. The van der Waals surface area contributed by atoms with Crippen molar-refractivity contribution in [1.82, 2.24) is 5.32 Å². The molecule has 0 aliphatic carbocycles. The summed E-state index contributed by atoms with van der Waals surface area (Å²) in [4.78, 5) is 1.64. The van der Waals surface area contributed by atoms with Gasteiger partial charge >= 0.3 is 6.18 Å². The molecule has 1 aromatic rings. The van der Waals surface area contributed by atoms with E-state index in [1.165, 1.54) is 5.56 Å². The highest BCUT2D eigenvalue weighted by molar-refractivity contribution is 5.50. The molecule has 0 aliphatic rings. The van der Waals surface area contributed by atoms with Crippen LogP contribution in [0.4, 0.5) is 18.9 Å². The first kappa shape index (κ1) is 17.8. The largest absolute Gasteiger partial charge is 0.390 e. The van der Waals surface area contributed by atoms with E-state index in [4.69, 9.17) is 0 Å². The van der Waals surface area contributed by atoms with E-state index < -0.39 is 12.6 Å². The van der Waals surface area contributed by atoms with Crippen molar-refractivity contribution in [2.45, 2.75) is 39.9 Å². The Bertz CT molecular complexity index is 442. The molecule has 0 aliphatic heterocycles. The summed E-state index contributed by atoms with van der Waals surface area (Å²) in [5.74, 6) is 0.595. The van der Waals surface area contributed by atoms with Crippen LogP contribution in [-0.2, 0) is 6.54 Å². The molecule has 0 spiro atoms. The van der Waals surface area contributed by atoms with E-state index in [1.807, 2.05) is 25.1 Å². The number of halogens is 3. The van der Waals surface area contributed by atoms with E-state index in [-0.39, 0.29) is 6.54 Å². The highest BCUT2D eigenvalue weighted by atomic mass is 19.4. The molecule has 0 fully saturated rings. The third-order valence-corrected chi connectivity index (χ3v) is 3.37. The fraction of sp³-hybridized carbons (Fsp3) is 0.625. The third-order valence-electron chi connectivity index (χ3n) is 3.37. The van der Waals surface area contributed by atoms with Crippen LogP contribution in [0, 0.1) is 12.8 Å². The van der Waals surface area contributed by atoms with Gasteiger partial charge in [-0.25, -0.2) is 0 Å². The van der Waals surface area contributed by atoms with Gasteiger partial charge in [0, 0.05) is 25.8 Å². The van der Waals surface area contributed by atoms with E-state index in [2.05, 4.69) is 19.2 Å². The van der Waals surface area contributed by atoms with Gasteiger partial charge in [0.2, 0.25) is 0 Å². The summed E-state index contributed by atoms with van der Waals surface area (Å²) in [5, 5.41) is 3.37. The number of anilines is 1. The SMILES string of the molecule is Cc1cc(N(C)CCC(F)(F)F)ccc1CNCC(C)C. The number of alkyl halides is 3. The molecule has 0 bridgehead atoms. The maximum Gasteiger partial charge on any atom is 0.390 e. The van der Waals surface area contributed by atoms with Gasteiger partial charge in [0.05, 0.1) is 6.42 Å². The zero-order valence-corrected chi connectivity index (χ0v) is 13.2. The Kier molecular flexibility index (Phi) is 6.52. The van der Waals surface area contributed by atoms with E-state index >= 15 is 0 Å². The number of aryl methyl sites for hydroxylation is 1. The molecule has 1 aromatic carbocycles. The van der Waals surface area contributed by atoms with Crippen molar-refractivity contribution in [1.29, 1.82) is 0 Å². The molecule has 5 heteroatoms. The first-order chi connectivity index (χ1) is 9.69. The normalized spacial score (nSPS) is 12.0. The Morgan fingerprint density at radius 1 is 1.24 bits per heavy atom. The van der Waals surface area contributed by atoms with E-state index in [0.29, 0.717) is 5.92 Å². The molecule has 120 valence electrons. The molecule has 0 atom stereocenters. The average Bonchev–Trinajstić information content (AvgIpc) is 2.36. The van der Waals surface area contributed by atoms with Crippen LogP contribution < -0.4 is 10.2 Å². The van der Waals surface area contributed by atoms with Crippen molar-refractivity contribution in [3.05, 3.63) is 29.3 Å². The van der Waals surface area contributed by atoms with Crippen molar-refractivity contribution in [3.63, 3.8) is 0 Å². The summed E-state index contributed by atoms with van der Waals surface area (Å²) in [6, 6.07) is 5.82. The standard InChI is InChI=1S/C16H25F3N2/c1-12(2)10-20-11-14-5-6-15(9-13(14)3)21(4)8-7-16(17,18)19/h5-6,9,12,20H,7-8,10-11H2,1-4H3. The Labute approximate surface area is 125 Å². The highest BCUT2D eigenvalue weighted by Crippen LogP contribution is 2.23. The highest BCUT2D eigenvalue weighted by Gasteiger charge is 2.27. The van der Waals surface area contributed by atoms with Crippen LogP contribution in [0.15, 0.2) is 18.2 Å². The Morgan fingerprint density at radius 3 is 2.43 bits per heavy atom. The molecule has 1 rings (SSSR count). The van der Waals surface area contributed by atoms with Gasteiger partial charge in [0.1, 0.15) is 0 Å². The summed E-state index contributed by atoms with van der Waals surface area (Å²) in [5.41, 5.74) is 3.11. The fourth-order valence-corrected chi connectivity index (χ4v) is 2.03. The number of benzene rings is 1. The molecule has 0 saturated heterocycles. The predicted octanol–water partition coefficient (Wildman–Crippen LogP) is 4.13. The van der Waals surface area contributed by atoms with Crippen LogP contribution in [0.3, 0.4) is 0 Å². The van der Waals surface area contributed by atoms with Crippen molar-refractivity contribution in [3.8, 4) is 0 Å². The molecule has 0 amide bonds. The third kappa shape index (κ3) is 6.85.